The Morgan fingerprint density at radius 1 is 0.647 bits per heavy atom. The van der Waals surface area contributed by atoms with Gasteiger partial charge in [0, 0.05) is 41.5 Å². The van der Waals surface area contributed by atoms with E-state index in [1.54, 1.807) is 0 Å². The fourth-order valence-corrected chi connectivity index (χ4v) is 4.50. The third-order valence-electron chi connectivity index (χ3n) is 6.06. The minimum absolute atomic E-state index is 0.924. The third-order valence-corrected chi connectivity index (χ3v) is 6.06. The van der Waals surface area contributed by atoms with Crippen LogP contribution in [0, 0.1) is 0 Å². The van der Waals surface area contributed by atoms with Gasteiger partial charge in [0.15, 0.2) is 0 Å². The van der Waals surface area contributed by atoms with Gasteiger partial charge in [-0.05, 0) is 18.9 Å². The molecule has 4 nitrogen and oxygen atoms in total. The number of hydrogen-bond donors (Lipinski definition) is 0. The van der Waals surface area contributed by atoms with E-state index in [9.17, 15) is 0 Å². The molecule has 5 rings (SSSR count). The first-order valence-corrected chi connectivity index (χ1v) is 12.1. The van der Waals surface area contributed by atoms with Gasteiger partial charge in [0.2, 0.25) is 0 Å². The molecule has 0 bridgehead atoms. The van der Waals surface area contributed by atoms with Crippen molar-refractivity contribution in [3.8, 4) is 45.3 Å². The van der Waals surface area contributed by atoms with E-state index >= 15 is 0 Å². The van der Waals surface area contributed by atoms with Gasteiger partial charge in [0.1, 0.15) is 11.6 Å². The highest BCUT2D eigenvalue weighted by Gasteiger charge is 2.15. The first-order valence-electron chi connectivity index (χ1n) is 12.1. The molecule has 34 heavy (non-hydrogen) atoms. The summed E-state index contributed by atoms with van der Waals surface area (Å²) in [6, 6.07) is 29.5. The average Bonchev–Trinajstić information content (AvgIpc) is 3.51. The molecule has 0 aliphatic heterocycles. The third kappa shape index (κ3) is 4.32. The normalized spacial score (nSPS) is 11.1. The van der Waals surface area contributed by atoms with Crippen molar-refractivity contribution >= 4 is 0 Å². The highest BCUT2D eigenvalue weighted by atomic mass is 15.1. The van der Waals surface area contributed by atoms with Crippen LogP contribution >= 0.6 is 0 Å². The molecule has 0 aliphatic rings. The summed E-state index contributed by atoms with van der Waals surface area (Å²) < 4.78 is 4.60. The van der Waals surface area contributed by atoms with Gasteiger partial charge < -0.3 is 9.13 Å². The SMILES string of the molecule is CCCn1cc(-c2cccc(-c3cnc(-c4ccccc4)n3CCC)c2)nc1-c1ccccc1. The number of imidazole rings is 2. The zero-order valence-corrected chi connectivity index (χ0v) is 19.9. The fraction of sp³-hybridized carbons (Fsp3) is 0.200. The van der Waals surface area contributed by atoms with Gasteiger partial charge in [-0.1, -0.05) is 92.7 Å². The van der Waals surface area contributed by atoms with Crippen molar-refractivity contribution in [3.05, 3.63) is 97.3 Å². The fourth-order valence-electron chi connectivity index (χ4n) is 4.50. The lowest BCUT2D eigenvalue weighted by atomic mass is 10.1. The second kappa shape index (κ2) is 9.92. The van der Waals surface area contributed by atoms with Gasteiger partial charge in [0.25, 0.3) is 0 Å². The molecule has 2 aromatic heterocycles. The topological polar surface area (TPSA) is 35.6 Å². The molecule has 0 radical (unpaired) electrons. The first-order chi connectivity index (χ1) is 16.8. The quantitative estimate of drug-likeness (QED) is 0.246. The standard InChI is InChI=1S/C30H30N4/c1-3-18-33-22-27(32-30(33)24-14-9-6-10-15-24)25-16-11-17-26(20-25)28-21-31-29(34(28)19-4-2)23-12-7-5-8-13-23/h5-17,20-22H,3-4,18-19H2,1-2H3. The van der Waals surface area contributed by atoms with E-state index in [0.29, 0.717) is 0 Å². The number of rotatable bonds is 8. The molecule has 0 spiro atoms. The molecule has 5 aromatic rings. The number of aromatic nitrogens is 4. The predicted octanol–water partition coefficient (Wildman–Crippen LogP) is 7.57. The first kappa shape index (κ1) is 21.9. The Hall–Kier alpha value is -3.92. The highest BCUT2D eigenvalue weighted by molar-refractivity contribution is 5.73. The molecule has 0 aliphatic carbocycles. The lowest BCUT2D eigenvalue weighted by Crippen LogP contribution is -2.02. The molecule has 0 unspecified atom stereocenters. The Kier molecular flexibility index (Phi) is 6.39. The molecule has 0 saturated heterocycles. The van der Waals surface area contributed by atoms with E-state index < -0.39 is 0 Å². The molecule has 0 saturated carbocycles. The number of aryl methyl sites for hydroxylation is 1. The Morgan fingerprint density at radius 2 is 1.26 bits per heavy atom. The molecule has 4 heteroatoms. The van der Waals surface area contributed by atoms with E-state index in [4.69, 9.17) is 9.97 Å². The summed E-state index contributed by atoms with van der Waals surface area (Å²) in [5.41, 5.74) is 6.70. The summed E-state index contributed by atoms with van der Waals surface area (Å²) in [5.74, 6) is 2.03. The molecule has 0 N–H and O–H groups in total. The molecular weight excluding hydrogens is 416 g/mol. The second-order valence-electron chi connectivity index (χ2n) is 8.57. The summed E-state index contributed by atoms with van der Waals surface area (Å²) in [6.45, 7) is 6.28. The monoisotopic (exact) mass is 446 g/mol. The van der Waals surface area contributed by atoms with Crippen molar-refractivity contribution < 1.29 is 0 Å². The van der Waals surface area contributed by atoms with E-state index in [-0.39, 0.29) is 0 Å². The van der Waals surface area contributed by atoms with Crippen molar-refractivity contribution in [3.63, 3.8) is 0 Å². The number of nitrogens with zero attached hydrogens (tertiary/aromatic N) is 4. The number of hydrogen-bond acceptors (Lipinski definition) is 2. The van der Waals surface area contributed by atoms with Crippen molar-refractivity contribution in [1.82, 2.24) is 19.1 Å². The Labute approximate surface area is 201 Å². The summed E-state index contributed by atoms with van der Waals surface area (Å²) >= 11 is 0. The van der Waals surface area contributed by atoms with E-state index in [0.717, 1.165) is 71.2 Å². The maximum atomic E-state index is 5.06. The minimum Gasteiger partial charge on any atom is -0.330 e. The predicted molar refractivity (Wildman–Crippen MR) is 140 cm³/mol. The largest absolute Gasteiger partial charge is 0.330 e. The van der Waals surface area contributed by atoms with Crippen LogP contribution in [-0.4, -0.2) is 19.1 Å². The Morgan fingerprint density at radius 3 is 1.94 bits per heavy atom. The zero-order chi connectivity index (χ0) is 23.3. The smallest absolute Gasteiger partial charge is 0.140 e. The van der Waals surface area contributed by atoms with Gasteiger partial charge in [-0.25, -0.2) is 9.97 Å². The lowest BCUT2D eigenvalue weighted by molar-refractivity contribution is 0.685. The molecule has 3 aromatic carbocycles. The molecule has 170 valence electrons. The summed E-state index contributed by atoms with van der Waals surface area (Å²) in [7, 11) is 0. The molecule has 0 atom stereocenters. The minimum atomic E-state index is 0.924. The molecule has 0 amide bonds. The summed E-state index contributed by atoms with van der Waals surface area (Å²) in [4.78, 5) is 9.87. The van der Waals surface area contributed by atoms with Crippen LogP contribution in [0.3, 0.4) is 0 Å². The average molecular weight is 447 g/mol. The molecular formula is C30H30N4. The van der Waals surface area contributed by atoms with Crippen LogP contribution in [-0.2, 0) is 13.1 Å². The van der Waals surface area contributed by atoms with E-state index in [1.807, 2.05) is 18.3 Å². The van der Waals surface area contributed by atoms with Crippen LogP contribution in [0.5, 0.6) is 0 Å². The maximum Gasteiger partial charge on any atom is 0.140 e. The van der Waals surface area contributed by atoms with Crippen molar-refractivity contribution in [2.24, 2.45) is 0 Å². The van der Waals surface area contributed by atoms with Crippen molar-refractivity contribution in [2.45, 2.75) is 39.8 Å². The van der Waals surface area contributed by atoms with Gasteiger partial charge in [0.05, 0.1) is 17.6 Å². The second-order valence-corrected chi connectivity index (χ2v) is 8.57. The van der Waals surface area contributed by atoms with Crippen molar-refractivity contribution in [2.75, 3.05) is 0 Å². The maximum absolute atomic E-state index is 5.06. The van der Waals surface area contributed by atoms with Gasteiger partial charge in [-0.15, -0.1) is 0 Å². The van der Waals surface area contributed by atoms with Crippen molar-refractivity contribution in [1.29, 1.82) is 0 Å². The van der Waals surface area contributed by atoms with Crippen LogP contribution in [0.2, 0.25) is 0 Å². The van der Waals surface area contributed by atoms with Gasteiger partial charge in [-0.3, -0.25) is 0 Å². The Bertz CT molecular complexity index is 1360. The van der Waals surface area contributed by atoms with E-state index in [1.165, 1.54) is 0 Å². The molecule has 0 fully saturated rings. The van der Waals surface area contributed by atoms with Crippen LogP contribution in [0.15, 0.2) is 97.3 Å². The summed E-state index contributed by atoms with van der Waals surface area (Å²) in [6.07, 6.45) is 6.30. The highest BCUT2D eigenvalue weighted by Crippen LogP contribution is 2.31. The molecule has 2 heterocycles. The van der Waals surface area contributed by atoms with Crippen LogP contribution in [0.25, 0.3) is 45.3 Å². The number of benzene rings is 3. The van der Waals surface area contributed by atoms with E-state index in [2.05, 4.69) is 102 Å². The summed E-state index contributed by atoms with van der Waals surface area (Å²) in [5, 5.41) is 0. The Balaban J connectivity index is 1.56. The van der Waals surface area contributed by atoms with Gasteiger partial charge in [-0.2, -0.15) is 0 Å². The van der Waals surface area contributed by atoms with Crippen LogP contribution < -0.4 is 0 Å². The zero-order valence-electron chi connectivity index (χ0n) is 19.9. The van der Waals surface area contributed by atoms with Gasteiger partial charge >= 0.3 is 0 Å². The van der Waals surface area contributed by atoms with Crippen LogP contribution in [0.1, 0.15) is 26.7 Å². The lowest BCUT2D eigenvalue weighted by Gasteiger charge is -2.12. The van der Waals surface area contributed by atoms with Crippen LogP contribution in [0.4, 0.5) is 0 Å².